The number of hydrogen-bond donors (Lipinski definition) is 0. The lowest BCUT2D eigenvalue weighted by Crippen LogP contribution is -1.74. The Bertz CT molecular complexity index is 321. The molecule has 1 saturated heterocycles. The van der Waals surface area contributed by atoms with Crippen LogP contribution >= 0.6 is 23.5 Å². The van der Waals surface area contributed by atoms with Gasteiger partial charge in [-0.2, -0.15) is 0 Å². The van der Waals surface area contributed by atoms with Crippen LogP contribution in [0.2, 0.25) is 0 Å². The minimum Gasteiger partial charge on any atom is -0.118 e. The molecular weight excluding hydrogens is 196 g/mol. The second-order valence-electron chi connectivity index (χ2n) is 3.07. The summed E-state index contributed by atoms with van der Waals surface area (Å²) in [5.74, 6) is 2.53. The van der Waals surface area contributed by atoms with Crippen molar-refractivity contribution in [2.45, 2.75) is 6.92 Å². The van der Waals surface area contributed by atoms with Gasteiger partial charge in [0, 0.05) is 15.7 Å². The minimum atomic E-state index is 1.27. The molecule has 1 heterocycles. The fraction of sp³-hybridized carbons (Fsp3) is 0.273. The monoisotopic (exact) mass is 208 g/mol. The van der Waals surface area contributed by atoms with Gasteiger partial charge in [0.15, 0.2) is 0 Å². The highest BCUT2D eigenvalue weighted by Gasteiger charge is 2.07. The van der Waals surface area contributed by atoms with Crippen molar-refractivity contribution in [1.82, 2.24) is 0 Å². The van der Waals surface area contributed by atoms with Gasteiger partial charge in [-0.3, -0.25) is 0 Å². The highest BCUT2D eigenvalue weighted by atomic mass is 32.2. The molecule has 0 radical (unpaired) electrons. The van der Waals surface area contributed by atoms with Crippen LogP contribution in [0, 0.1) is 6.92 Å². The van der Waals surface area contributed by atoms with E-state index in [0.717, 1.165) is 0 Å². The Kier molecular flexibility index (Phi) is 3.01. The number of rotatable bonds is 1. The number of hydrogen-bond acceptors (Lipinski definition) is 2. The topological polar surface area (TPSA) is 0 Å². The maximum absolute atomic E-state index is 2.29. The van der Waals surface area contributed by atoms with Crippen molar-refractivity contribution in [3.05, 3.63) is 39.6 Å². The molecule has 0 unspecified atom stereocenters. The van der Waals surface area contributed by atoms with Gasteiger partial charge in [0.1, 0.15) is 0 Å². The molecule has 0 nitrogen and oxygen atoms in total. The van der Waals surface area contributed by atoms with E-state index in [1.165, 1.54) is 26.9 Å². The third-order valence-corrected chi connectivity index (χ3v) is 4.49. The Balaban J connectivity index is 2.21. The summed E-state index contributed by atoms with van der Waals surface area (Å²) >= 11 is 3.93. The predicted molar refractivity (Wildman–Crippen MR) is 64.1 cm³/mol. The van der Waals surface area contributed by atoms with Gasteiger partial charge in [-0.25, -0.2) is 0 Å². The van der Waals surface area contributed by atoms with Crippen LogP contribution < -0.4 is 0 Å². The number of thioether (sulfide) groups is 2. The highest BCUT2D eigenvalue weighted by molar-refractivity contribution is 8.25. The molecule has 2 rings (SSSR count). The van der Waals surface area contributed by atoms with Crippen molar-refractivity contribution in [3.63, 3.8) is 0 Å². The van der Waals surface area contributed by atoms with E-state index in [-0.39, 0.29) is 0 Å². The summed E-state index contributed by atoms with van der Waals surface area (Å²) in [7, 11) is 0. The molecule has 0 amide bonds. The second kappa shape index (κ2) is 4.25. The summed E-state index contributed by atoms with van der Waals surface area (Å²) in [6.45, 7) is 2.14. The lowest BCUT2D eigenvalue weighted by molar-refractivity contribution is 1.46. The maximum atomic E-state index is 2.29. The van der Waals surface area contributed by atoms with E-state index >= 15 is 0 Å². The Morgan fingerprint density at radius 3 is 2.69 bits per heavy atom. The number of benzene rings is 1. The molecule has 1 aromatic carbocycles. The Morgan fingerprint density at radius 1 is 1.23 bits per heavy atom. The average Bonchev–Trinajstić information content (AvgIpc) is 2.57. The van der Waals surface area contributed by atoms with Crippen molar-refractivity contribution in [3.8, 4) is 0 Å². The summed E-state index contributed by atoms with van der Waals surface area (Å²) in [6, 6.07) is 8.65. The van der Waals surface area contributed by atoms with Crippen molar-refractivity contribution < 1.29 is 0 Å². The zero-order valence-corrected chi connectivity index (χ0v) is 9.25. The molecule has 0 aliphatic carbocycles. The summed E-state index contributed by atoms with van der Waals surface area (Å²) in [5, 5.41) is 0. The van der Waals surface area contributed by atoms with E-state index in [1.807, 2.05) is 23.5 Å². The van der Waals surface area contributed by atoms with E-state index in [1.54, 1.807) is 0 Å². The van der Waals surface area contributed by atoms with Gasteiger partial charge in [0.2, 0.25) is 0 Å². The molecule has 13 heavy (non-hydrogen) atoms. The van der Waals surface area contributed by atoms with Gasteiger partial charge < -0.3 is 0 Å². The average molecular weight is 208 g/mol. The lowest BCUT2D eigenvalue weighted by Gasteiger charge is -1.97. The quantitative estimate of drug-likeness (QED) is 0.689. The molecule has 2 heteroatoms. The first kappa shape index (κ1) is 9.22. The second-order valence-corrected chi connectivity index (χ2v) is 5.61. The standard InChI is InChI=1S/C11H12S2/c1-9-3-2-4-10(7-9)8-11-12-5-6-13-11/h2-4,7-8H,5-6H2,1H3. The van der Waals surface area contributed by atoms with E-state index in [0.29, 0.717) is 0 Å². The van der Waals surface area contributed by atoms with Gasteiger partial charge in [-0.05, 0) is 18.6 Å². The normalized spacial score (nSPS) is 16.2. The van der Waals surface area contributed by atoms with Crippen molar-refractivity contribution in [2.75, 3.05) is 11.5 Å². The van der Waals surface area contributed by atoms with Crippen molar-refractivity contribution >= 4 is 29.6 Å². The fourth-order valence-corrected chi connectivity index (χ4v) is 3.65. The van der Waals surface area contributed by atoms with Gasteiger partial charge >= 0.3 is 0 Å². The molecule has 0 bridgehead atoms. The van der Waals surface area contributed by atoms with Gasteiger partial charge in [0.25, 0.3) is 0 Å². The molecule has 0 atom stereocenters. The summed E-state index contributed by atoms with van der Waals surface area (Å²) in [6.07, 6.45) is 2.29. The number of aryl methyl sites for hydroxylation is 1. The molecule has 0 spiro atoms. The molecule has 1 aromatic rings. The van der Waals surface area contributed by atoms with Crippen molar-refractivity contribution in [2.24, 2.45) is 0 Å². The van der Waals surface area contributed by atoms with Crippen LogP contribution in [0.1, 0.15) is 11.1 Å². The smallest absolute Gasteiger partial charge is 0.0407 e. The third kappa shape index (κ3) is 2.55. The fourth-order valence-electron chi connectivity index (χ4n) is 1.31. The third-order valence-electron chi connectivity index (χ3n) is 1.90. The maximum Gasteiger partial charge on any atom is 0.0407 e. The minimum absolute atomic E-state index is 1.27. The van der Waals surface area contributed by atoms with Crippen LogP contribution in [0.3, 0.4) is 0 Å². The van der Waals surface area contributed by atoms with Crippen LogP contribution in [0.5, 0.6) is 0 Å². The Hall–Kier alpha value is -0.340. The van der Waals surface area contributed by atoms with Gasteiger partial charge in [0.05, 0.1) is 0 Å². The van der Waals surface area contributed by atoms with Crippen LogP contribution in [0.25, 0.3) is 6.08 Å². The molecule has 1 aliphatic rings. The summed E-state index contributed by atoms with van der Waals surface area (Å²) in [4.78, 5) is 0. The van der Waals surface area contributed by atoms with Crippen LogP contribution in [-0.2, 0) is 0 Å². The molecule has 0 N–H and O–H groups in total. The zero-order valence-electron chi connectivity index (χ0n) is 7.62. The van der Waals surface area contributed by atoms with Gasteiger partial charge in [-0.15, -0.1) is 23.5 Å². The first-order chi connectivity index (χ1) is 6.34. The van der Waals surface area contributed by atoms with Gasteiger partial charge in [-0.1, -0.05) is 29.8 Å². The molecule has 0 saturated carbocycles. The van der Waals surface area contributed by atoms with Crippen LogP contribution in [0.4, 0.5) is 0 Å². The van der Waals surface area contributed by atoms with Crippen LogP contribution in [0.15, 0.2) is 28.5 Å². The first-order valence-corrected chi connectivity index (χ1v) is 6.36. The zero-order chi connectivity index (χ0) is 9.10. The SMILES string of the molecule is Cc1cccc(C=C2SCCS2)c1. The molecule has 1 aliphatic heterocycles. The molecule has 1 fully saturated rings. The largest absolute Gasteiger partial charge is 0.118 e. The van der Waals surface area contributed by atoms with E-state index in [2.05, 4.69) is 37.3 Å². The van der Waals surface area contributed by atoms with Crippen LogP contribution in [-0.4, -0.2) is 11.5 Å². The molecular formula is C11H12S2. The lowest BCUT2D eigenvalue weighted by atomic mass is 10.1. The summed E-state index contributed by atoms with van der Waals surface area (Å²) in [5.41, 5.74) is 2.67. The van der Waals surface area contributed by atoms with E-state index < -0.39 is 0 Å². The molecule has 0 aromatic heterocycles. The molecule has 68 valence electrons. The van der Waals surface area contributed by atoms with E-state index in [4.69, 9.17) is 0 Å². The highest BCUT2D eigenvalue weighted by Crippen LogP contribution is 2.37. The Labute approximate surface area is 87.8 Å². The predicted octanol–water partition coefficient (Wildman–Crippen LogP) is 3.77. The first-order valence-electron chi connectivity index (χ1n) is 4.38. The van der Waals surface area contributed by atoms with Crippen molar-refractivity contribution in [1.29, 1.82) is 0 Å². The summed E-state index contributed by atoms with van der Waals surface area (Å²) < 4.78 is 1.46. The Morgan fingerprint density at radius 2 is 2.00 bits per heavy atom. The van der Waals surface area contributed by atoms with E-state index in [9.17, 15) is 0 Å².